The number of phosphoric acid groups is 1. The van der Waals surface area contributed by atoms with Crippen molar-refractivity contribution in [2.24, 2.45) is 5.73 Å². The quantitative estimate of drug-likeness (QED) is 0.188. The number of fused-ring (bicyclic) bond motifs is 1. The fourth-order valence-electron chi connectivity index (χ4n) is 2.87. The summed E-state index contributed by atoms with van der Waals surface area (Å²) in [5.41, 5.74) is 11.7. The SMILES string of the molecule is CC(O)C(N)C(=O)OC1C(COP(=O)(O)O)OC(n2cnc3c(N)ncnc32)C1O. The molecule has 0 aliphatic carbocycles. The van der Waals surface area contributed by atoms with Crippen LogP contribution in [0.25, 0.3) is 11.2 Å². The van der Waals surface area contributed by atoms with E-state index in [1.165, 1.54) is 24.1 Å². The van der Waals surface area contributed by atoms with Crippen molar-refractivity contribution in [1.82, 2.24) is 19.5 Å². The molecule has 0 bridgehead atoms. The molecule has 16 heteroatoms. The zero-order valence-corrected chi connectivity index (χ0v) is 16.4. The zero-order chi connectivity index (χ0) is 22.2. The summed E-state index contributed by atoms with van der Waals surface area (Å²) < 4.78 is 27.6. The van der Waals surface area contributed by atoms with Gasteiger partial charge in [-0.25, -0.2) is 19.5 Å². The minimum absolute atomic E-state index is 0.0819. The Kier molecular flexibility index (Phi) is 6.35. The van der Waals surface area contributed by atoms with Crippen LogP contribution < -0.4 is 11.5 Å². The van der Waals surface area contributed by atoms with Gasteiger partial charge < -0.3 is 40.9 Å². The fourth-order valence-corrected chi connectivity index (χ4v) is 3.21. The number of phosphoric ester groups is 1. The molecule has 1 saturated heterocycles. The number of carbonyl (C=O) groups excluding carboxylic acids is 1. The average molecular weight is 448 g/mol. The number of nitrogens with two attached hydrogens (primary N) is 2. The lowest BCUT2D eigenvalue weighted by molar-refractivity contribution is -0.160. The van der Waals surface area contributed by atoms with Crippen LogP contribution in [0, 0.1) is 0 Å². The van der Waals surface area contributed by atoms with Crippen LogP contribution in [0.4, 0.5) is 5.82 Å². The van der Waals surface area contributed by atoms with Crippen LogP contribution in [0.3, 0.4) is 0 Å². The maximum atomic E-state index is 12.2. The number of nitrogen functional groups attached to an aromatic ring is 1. The lowest BCUT2D eigenvalue weighted by Gasteiger charge is -2.23. The summed E-state index contributed by atoms with van der Waals surface area (Å²) in [5.74, 6) is -0.972. The van der Waals surface area contributed by atoms with E-state index < -0.39 is 57.1 Å². The van der Waals surface area contributed by atoms with Crippen molar-refractivity contribution in [2.75, 3.05) is 12.3 Å². The van der Waals surface area contributed by atoms with E-state index in [2.05, 4.69) is 19.5 Å². The molecular formula is C14H21N6O9P. The maximum Gasteiger partial charge on any atom is 0.469 e. The number of hydrogen-bond donors (Lipinski definition) is 6. The third-order valence-corrected chi connectivity index (χ3v) is 4.91. The van der Waals surface area contributed by atoms with Crippen LogP contribution >= 0.6 is 7.82 Å². The number of nitrogens with zero attached hydrogens (tertiary/aromatic N) is 4. The lowest BCUT2D eigenvalue weighted by atomic mass is 10.1. The summed E-state index contributed by atoms with van der Waals surface area (Å²) in [4.78, 5) is 42.0. The van der Waals surface area contributed by atoms with Gasteiger partial charge in [0.2, 0.25) is 0 Å². The van der Waals surface area contributed by atoms with Gasteiger partial charge in [0.25, 0.3) is 0 Å². The predicted octanol–water partition coefficient (Wildman–Crippen LogP) is -2.60. The Bertz CT molecular complexity index is 965. The molecule has 1 fully saturated rings. The summed E-state index contributed by atoms with van der Waals surface area (Å²) in [6.07, 6.45) is -4.30. The van der Waals surface area contributed by atoms with Crippen LogP contribution in [0.15, 0.2) is 12.7 Å². The van der Waals surface area contributed by atoms with Gasteiger partial charge in [-0.2, -0.15) is 0 Å². The Morgan fingerprint density at radius 2 is 2.10 bits per heavy atom. The number of carbonyl (C=O) groups is 1. The van der Waals surface area contributed by atoms with Crippen LogP contribution in [0.1, 0.15) is 13.2 Å². The number of aliphatic hydroxyl groups is 2. The van der Waals surface area contributed by atoms with E-state index in [1.807, 2.05) is 0 Å². The highest BCUT2D eigenvalue weighted by molar-refractivity contribution is 7.46. The molecule has 3 heterocycles. The highest BCUT2D eigenvalue weighted by atomic mass is 31.2. The molecule has 0 aromatic carbocycles. The predicted molar refractivity (Wildman–Crippen MR) is 97.2 cm³/mol. The first kappa shape index (κ1) is 22.5. The number of hydrogen-bond acceptors (Lipinski definition) is 12. The minimum Gasteiger partial charge on any atom is -0.455 e. The third kappa shape index (κ3) is 4.58. The molecule has 0 amide bonds. The first-order valence-electron chi connectivity index (χ1n) is 8.60. The van der Waals surface area contributed by atoms with E-state index in [0.29, 0.717) is 0 Å². The second-order valence-corrected chi connectivity index (χ2v) is 7.83. The molecule has 30 heavy (non-hydrogen) atoms. The van der Waals surface area contributed by atoms with E-state index >= 15 is 0 Å². The minimum atomic E-state index is -4.88. The van der Waals surface area contributed by atoms with Gasteiger partial charge in [0.15, 0.2) is 23.8 Å². The molecule has 1 aliphatic rings. The molecule has 1 aliphatic heterocycles. The van der Waals surface area contributed by atoms with Crippen molar-refractivity contribution in [3.63, 3.8) is 0 Å². The van der Waals surface area contributed by atoms with Crippen LogP contribution in [-0.4, -0.2) is 82.6 Å². The third-order valence-electron chi connectivity index (χ3n) is 4.42. The van der Waals surface area contributed by atoms with Crippen molar-refractivity contribution in [3.8, 4) is 0 Å². The van der Waals surface area contributed by atoms with E-state index in [-0.39, 0.29) is 17.0 Å². The highest BCUT2D eigenvalue weighted by Crippen LogP contribution is 2.39. The topological polar surface area (TPSA) is 238 Å². The summed E-state index contributed by atoms with van der Waals surface area (Å²) in [6.45, 7) is 0.551. The summed E-state index contributed by atoms with van der Waals surface area (Å²) in [7, 11) is -4.88. The summed E-state index contributed by atoms with van der Waals surface area (Å²) in [5, 5.41) is 20.2. The molecule has 2 aromatic rings. The van der Waals surface area contributed by atoms with Gasteiger partial charge in [-0.1, -0.05) is 0 Å². The van der Waals surface area contributed by atoms with E-state index in [0.717, 1.165) is 0 Å². The first-order valence-corrected chi connectivity index (χ1v) is 10.1. The van der Waals surface area contributed by atoms with E-state index in [1.54, 1.807) is 0 Å². The van der Waals surface area contributed by atoms with Gasteiger partial charge in [0, 0.05) is 0 Å². The maximum absolute atomic E-state index is 12.2. The van der Waals surface area contributed by atoms with E-state index in [4.69, 9.17) is 30.7 Å². The Balaban J connectivity index is 1.89. The molecule has 6 atom stereocenters. The fraction of sp³-hybridized carbons (Fsp3) is 0.571. The molecule has 6 unspecified atom stereocenters. The first-order chi connectivity index (χ1) is 14.0. The molecule has 2 aromatic heterocycles. The van der Waals surface area contributed by atoms with Gasteiger partial charge >= 0.3 is 13.8 Å². The molecular weight excluding hydrogens is 427 g/mol. The molecule has 0 radical (unpaired) electrons. The van der Waals surface area contributed by atoms with Crippen LogP contribution in [0.5, 0.6) is 0 Å². The number of aliphatic hydroxyl groups excluding tert-OH is 2. The summed E-state index contributed by atoms with van der Waals surface area (Å²) in [6, 6.07) is -1.42. The Morgan fingerprint density at radius 1 is 1.40 bits per heavy atom. The van der Waals surface area contributed by atoms with Crippen molar-refractivity contribution in [2.45, 2.75) is 43.6 Å². The second-order valence-electron chi connectivity index (χ2n) is 6.59. The number of anilines is 1. The average Bonchev–Trinajstić information content (AvgIpc) is 3.21. The summed E-state index contributed by atoms with van der Waals surface area (Å²) >= 11 is 0. The van der Waals surface area contributed by atoms with Crippen molar-refractivity contribution < 1.29 is 43.4 Å². The van der Waals surface area contributed by atoms with E-state index in [9.17, 15) is 19.6 Å². The normalized spacial score (nSPS) is 26.6. The second kappa shape index (κ2) is 8.49. The smallest absolute Gasteiger partial charge is 0.455 e. The Morgan fingerprint density at radius 3 is 2.73 bits per heavy atom. The van der Waals surface area contributed by atoms with Gasteiger partial charge in [-0.05, 0) is 6.92 Å². The van der Waals surface area contributed by atoms with Crippen LogP contribution in [0.2, 0.25) is 0 Å². The van der Waals surface area contributed by atoms with Gasteiger partial charge in [-0.3, -0.25) is 13.9 Å². The van der Waals surface area contributed by atoms with Crippen molar-refractivity contribution >= 4 is 30.8 Å². The molecule has 0 spiro atoms. The highest BCUT2D eigenvalue weighted by Gasteiger charge is 2.49. The Hall–Kier alpha value is -2.23. The number of aromatic nitrogens is 4. The number of esters is 1. The monoisotopic (exact) mass is 448 g/mol. The zero-order valence-electron chi connectivity index (χ0n) is 15.5. The molecule has 8 N–H and O–H groups in total. The molecule has 3 rings (SSSR count). The van der Waals surface area contributed by atoms with Crippen molar-refractivity contribution in [1.29, 1.82) is 0 Å². The van der Waals surface area contributed by atoms with Gasteiger partial charge in [0.1, 0.15) is 30.1 Å². The Labute approximate surface area is 168 Å². The molecule has 166 valence electrons. The van der Waals surface area contributed by atoms with Gasteiger partial charge in [-0.15, -0.1) is 0 Å². The van der Waals surface area contributed by atoms with Gasteiger partial charge in [0.05, 0.1) is 19.0 Å². The largest absolute Gasteiger partial charge is 0.469 e. The standard InChI is InChI=1S/C14H21N6O9P/c1-5(21)7(15)14(23)29-10-6(2-27-30(24,25)26)28-13(9(10)22)20-4-19-8-11(16)17-3-18-12(8)20/h3-7,9-10,13,21-22H,2,15H2,1H3,(H2,16,17,18)(H2,24,25,26). The van der Waals surface area contributed by atoms with Crippen LogP contribution in [-0.2, 0) is 23.4 Å². The van der Waals surface area contributed by atoms with Crippen molar-refractivity contribution in [3.05, 3.63) is 12.7 Å². The molecule has 0 saturated carbocycles. The number of rotatable bonds is 7. The number of ether oxygens (including phenoxy) is 2. The lowest BCUT2D eigenvalue weighted by Crippen LogP contribution is -2.46. The molecule has 15 nitrogen and oxygen atoms in total. The number of imidazole rings is 1.